The van der Waals surface area contributed by atoms with E-state index in [0.29, 0.717) is 11.3 Å². The Bertz CT molecular complexity index is 677. The summed E-state index contributed by atoms with van der Waals surface area (Å²) >= 11 is 6.71. The number of rotatable bonds is 4. The molecule has 1 amide bonds. The zero-order valence-corrected chi connectivity index (χ0v) is 14.3. The second-order valence-electron chi connectivity index (χ2n) is 4.32. The van der Waals surface area contributed by atoms with Crippen LogP contribution in [0, 0.1) is 5.82 Å². The van der Waals surface area contributed by atoms with Gasteiger partial charge in [-0.15, -0.1) is 0 Å². The summed E-state index contributed by atoms with van der Waals surface area (Å²) in [6, 6.07) is 9.91. The molecular formula is C15H12Br2FNO2. The van der Waals surface area contributed by atoms with Gasteiger partial charge in [0.15, 0.2) is 11.6 Å². The van der Waals surface area contributed by atoms with Crippen LogP contribution < -0.4 is 10.1 Å². The second kappa shape index (κ2) is 7.04. The molecule has 110 valence electrons. The van der Waals surface area contributed by atoms with E-state index in [0.717, 1.165) is 8.95 Å². The van der Waals surface area contributed by atoms with E-state index in [4.69, 9.17) is 4.74 Å². The third-order valence-corrected chi connectivity index (χ3v) is 3.94. The fourth-order valence-electron chi connectivity index (χ4n) is 1.79. The monoisotopic (exact) mass is 415 g/mol. The van der Waals surface area contributed by atoms with Crippen molar-refractivity contribution in [3.63, 3.8) is 0 Å². The average molecular weight is 417 g/mol. The molecule has 21 heavy (non-hydrogen) atoms. The molecule has 0 aliphatic carbocycles. The summed E-state index contributed by atoms with van der Waals surface area (Å²) in [5.74, 6) is -0.537. The molecule has 0 heterocycles. The Labute approximate surface area is 138 Å². The molecule has 2 rings (SSSR count). The summed E-state index contributed by atoms with van der Waals surface area (Å²) < 4.78 is 20.1. The van der Waals surface area contributed by atoms with Crippen molar-refractivity contribution in [1.82, 2.24) is 0 Å². The van der Waals surface area contributed by atoms with Crippen LogP contribution in [0.4, 0.5) is 10.1 Å². The number of hydrogen-bond donors (Lipinski definition) is 1. The summed E-state index contributed by atoms with van der Waals surface area (Å²) in [6.07, 6.45) is 0.0867. The molecule has 3 nitrogen and oxygen atoms in total. The SMILES string of the molecule is COc1ccc(CC(=O)Nc2ccc(Br)cc2Br)cc1F. The molecule has 0 saturated heterocycles. The third-order valence-electron chi connectivity index (χ3n) is 2.79. The van der Waals surface area contributed by atoms with Crippen LogP contribution >= 0.6 is 31.9 Å². The number of hydrogen-bond acceptors (Lipinski definition) is 2. The van der Waals surface area contributed by atoms with E-state index in [2.05, 4.69) is 37.2 Å². The van der Waals surface area contributed by atoms with Gasteiger partial charge in [0, 0.05) is 8.95 Å². The van der Waals surface area contributed by atoms with Gasteiger partial charge in [0.1, 0.15) is 0 Å². The summed E-state index contributed by atoms with van der Waals surface area (Å²) in [6.45, 7) is 0. The van der Waals surface area contributed by atoms with Gasteiger partial charge < -0.3 is 10.1 Å². The van der Waals surface area contributed by atoms with E-state index in [1.807, 2.05) is 12.1 Å². The first-order valence-corrected chi connectivity index (χ1v) is 7.65. The largest absolute Gasteiger partial charge is 0.494 e. The predicted molar refractivity (Wildman–Crippen MR) is 87.1 cm³/mol. The molecule has 0 fully saturated rings. The zero-order chi connectivity index (χ0) is 15.4. The number of methoxy groups -OCH3 is 1. The highest BCUT2D eigenvalue weighted by atomic mass is 79.9. The molecule has 0 aliphatic rings. The highest BCUT2D eigenvalue weighted by molar-refractivity contribution is 9.11. The van der Waals surface area contributed by atoms with E-state index in [1.165, 1.54) is 19.2 Å². The first-order chi connectivity index (χ1) is 9.99. The fraction of sp³-hybridized carbons (Fsp3) is 0.133. The van der Waals surface area contributed by atoms with Crippen molar-refractivity contribution in [2.45, 2.75) is 6.42 Å². The van der Waals surface area contributed by atoms with Crippen LogP contribution in [0.2, 0.25) is 0 Å². The van der Waals surface area contributed by atoms with Gasteiger partial charge in [0.2, 0.25) is 5.91 Å². The van der Waals surface area contributed by atoms with Crippen molar-refractivity contribution >= 4 is 43.5 Å². The molecule has 0 aromatic heterocycles. The van der Waals surface area contributed by atoms with E-state index >= 15 is 0 Å². The zero-order valence-electron chi connectivity index (χ0n) is 11.1. The lowest BCUT2D eigenvalue weighted by atomic mass is 10.1. The van der Waals surface area contributed by atoms with Gasteiger partial charge in [0.05, 0.1) is 19.2 Å². The van der Waals surface area contributed by atoms with Gasteiger partial charge in [-0.05, 0) is 51.8 Å². The van der Waals surface area contributed by atoms with Crippen molar-refractivity contribution in [2.24, 2.45) is 0 Å². The van der Waals surface area contributed by atoms with Crippen molar-refractivity contribution < 1.29 is 13.9 Å². The number of halogens is 3. The Morgan fingerprint density at radius 3 is 2.62 bits per heavy atom. The standard InChI is InChI=1S/C15H12Br2FNO2/c1-21-14-5-2-9(6-12(14)18)7-15(20)19-13-4-3-10(16)8-11(13)17/h2-6,8H,7H2,1H3,(H,19,20). The molecule has 0 atom stereocenters. The Morgan fingerprint density at radius 1 is 1.24 bits per heavy atom. The lowest BCUT2D eigenvalue weighted by Gasteiger charge is -2.09. The Kier molecular flexibility index (Phi) is 5.36. The summed E-state index contributed by atoms with van der Waals surface area (Å²) in [4.78, 5) is 12.0. The number of nitrogens with one attached hydrogen (secondary N) is 1. The van der Waals surface area contributed by atoms with Gasteiger partial charge in [0.25, 0.3) is 0 Å². The maximum atomic E-state index is 13.6. The van der Waals surface area contributed by atoms with Crippen LogP contribution in [-0.2, 0) is 11.2 Å². The van der Waals surface area contributed by atoms with Crippen LogP contribution in [0.15, 0.2) is 45.3 Å². The summed E-state index contributed by atoms with van der Waals surface area (Å²) in [5, 5.41) is 2.77. The van der Waals surface area contributed by atoms with Gasteiger partial charge in [-0.2, -0.15) is 0 Å². The smallest absolute Gasteiger partial charge is 0.228 e. The first-order valence-electron chi connectivity index (χ1n) is 6.07. The lowest BCUT2D eigenvalue weighted by Crippen LogP contribution is -2.14. The molecule has 0 saturated carbocycles. The number of ether oxygens (including phenoxy) is 1. The van der Waals surface area contributed by atoms with E-state index < -0.39 is 5.82 Å². The summed E-state index contributed by atoms with van der Waals surface area (Å²) in [7, 11) is 1.40. The topological polar surface area (TPSA) is 38.3 Å². The molecule has 0 spiro atoms. The van der Waals surface area contributed by atoms with E-state index in [1.54, 1.807) is 12.1 Å². The van der Waals surface area contributed by atoms with E-state index in [9.17, 15) is 9.18 Å². The highest BCUT2D eigenvalue weighted by Gasteiger charge is 2.09. The molecule has 2 aromatic carbocycles. The number of carbonyl (C=O) groups is 1. The first kappa shape index (κ1) is 16.0. The quantitative estimate of drug-likeness (QED) is 0.794. The maximum absolute atomic E-state index is 13.6. The molecule has 0 unspecified atom stereocenters. The van der Waals surface area contributed by atoms with Crippen molar-refractivity contribution in [3.8, 4) is 5.75 Å². The van der Waals surface area contributed by atoms with Crippen molar-refractivity contribution in [1.29, 1.82) is 0 Å². The molecular weight excluding hydrogens is 405 g/mol. The number of anilines is 1. The molecule has 0 bridgehead atoms. The van der Waals surface area contributed by atoms with Crippen LogP contribution in [-0.4, -0.2) is 13.0 Å². The Balaban J connectivity index is 2.06. The molecule has 2 aromatic rings. The number of benzene rings is 2. The number of amides is 1. The van der Waals surface area contributed by atoms with Crippen LogP contribution in [0.25, 0.3) is 0 Å². The van der Waals surface area contributed by atoms with Crippen molar-refractivity contribution in [2.75, 3.05) is 12.4 Å². The predicted octanol–water partition coefficient (Wildman–Crippen LogP) is 4.54. The van der Waals surface area contributed by atoms with Gasteiger partial charge in [-0.3, -0.25) is 4.79 Å². The summed E-state index contributed by atoms with van der Waals surface area (Å²) in [5.41, 5.74) is 1.25. The van der Waals surface area contributed by atoms with Gasteiger partial charge >= 0.3 is 0 Å². The highest BCUT2D eigenvalue weighted by Crippen LogP contribution is 2.26. The lowest BCUT2D eigenvalue weighted by molar-refractivity contribution is -0.115. The fourth-order valence-corrected chi connectivity index (χ4v) is 2.94. The number of carbonyl (C=O) groups excluding carboxylic acids is 1. The Morgan fingerprint density at radius 2 is 2.00 bits per heavy atom. The molecule has 1 N–H and O–H groups in total. The van der Waals surface area contributed by atoms with Crippen LogP contribution in [0.5, 0.6) is 5.75 Å². The van der Waals surface area contributed by atoms with Crippen LogP contribution in [0.1, 0.15) is 5.56 Å². The third kappa shape index (κ3) is 4.28. The average Bonchev–Trinajstić information content (AvgIpc) is 2.42. The van der Waals surface area contributed by atoms with Gasteiger partial charge in [-0.25, -0.2) is 4.39 Å². The minimum atomic E-state index is -0.479. The normalized spacial score (nSPS) is 10.3. The minimum Gasteiger partial charge on any atom is -0.494 e. The van der Waals surface area contributed by atoms with Crippen LogP contribution in [0.3, 0.4) is 0 Å². The van der Waals surface area contributed by atoms with Gasteiger partial charge in [-0.1, -0.05) is 22.0 Å². The Hall–Kier alpha value is -1.40. The maximum Gasteiger partial charge on any atom is 0.228 e. The minimum absolute atomic E-state index is 0.0867. The molecule has 6 heteroatoms. The van der Waals surface area contributed by atoms with Crippen molar-refractivity contribution in [3.05, 3.63) is 56.7 Å². The second-order valence-corrected chi connectivity index (χ2v) is 6.09. The molecule has 0 radical (unpaired) electrons. The van der Waals surface area contributed by atoms with E-state index in [-0.39, 0.29) is 18.1 Å². The molecule has 0 aliphatic heterocycles.